The number of anilines is 1. The van der Waals surface area contributed by atoms with E-state index >= 15 is 0 Å². The standard InChI is InChI=1S/C18H17ClN2O/c1-2-12-3-6-15(7-4-12)21-18(22)9-13-11-20-17-8-5-14(19)10-16(13)17/h3-8,10-11,20H,2,9H2,1H3,(H,21,22). The van der Waals surface area contributed by atoms with E-state index in [1.54, 1.807) is 0 Å². The molecule has 2 aromatic carbocycles. The SMILES string of the molecule is CCc1ccc(NC(=O)Cc2c[nH]c3ccc(Cl)cc23)cc1. The predicted octanol–water partition coefficient (Wildman–Crippen LogP) is 4.56. The van der Waals surface area contributed by atoms with Crippen molar-refractivity contribution in [1.29, 1.82) is 0 Å². The van der Waals surface area contributed by atoms with Crippen LogP contribution in [0.5, 0.6) is 0 Å². The summed E-state index contributed by atoms with van der Waals surface area (Å²) in [5.41, 5.74) is 4.00. The minimum atomic E-state index is -0.0369. The molecular formula is C18H17ClN2O. The Balaban J connectivity index is 1.73. The number of fused-ring (bicyclic) bond motifs is 1. The highest BCUT2D eigenvalue weighted by atomic mass is 35.5. The van der Waals surface area contributed by atoms with Crippen LogP contribution in [0.1, 0.15) is 18.1 Å². The molecule has 0 aliphatic rings. The third-order valence-corrected chi connectivity index (χ3v) is 3.96. The van der Waals surface area contributed by atoms with Gasteiger partial charge in [-0.05, 0) is 47.9 Å². The van der Waals surface area contributed by atoms with E-state index in [0.717, 1.165) is 28.6 Å². The van der Waals surface area contributed by atoms with E-state index in [9.17, 15) is 4.79 Å². The quantitative estimate of drug-likeness (QED) is 0.728. The molecule has 0 aliphatic carbocycles. The zero-order chi connectivity index (χ0) is 15.5. The van der Waals surface area contributed by atoms with Gasteiger partial charge in [-0.2, -0.15) is 0 Å². The zero-order valence-electron chi connectivity index (χ0n) is 12.3. The van der Waals surface area contributed by atoms with Gasteiger partial charge < -0.3 is 10.3 Å². The molecule has 3 aromatic rings. The smallest absolute Gasteiger partial charge is 0.228 e. The summed E-state index contributed by atoms with van der Waals surface area (Å²) in [6.45, 7) is 2.11. The van der Waals surface area contributed by atoms with Gasteiger partial charge in [0.1, 0.15) is 0 Å². The molecule has 2 N–H and O–H groups in total. The Hall–Kier alpha value is -2.26. The lowest BCUT2D eigenvalue weighted by atomic mass is 10.1. The Morgan fingerprint density at radius 3 is 2.68 bits per heavy atom. The average molecular weight is 313 g/mol. The van der Waals surface area contributed by atoms with Gasteiger partial charge in [-0.25, -0.2) is 0 Å². The van der Waals surface area contributed by atoms with Gasteiger partial charge in [0.15, 0.2) is 0 Å². The highest BCUT2D eigenvalue weighted by Crippen LogP contribution is 2.23. The van der Waals surface area contributed by atoms with Crippen molar-refractivity contribution in [3.63, 3.8) is 0 Å². The monoisotopic (exact) mass is 312 g/mol. The molecule has 0 bridgehead atoms. The van der Waals surface area contributed by atoms with Crippen LogP contribution >= 0.6 is 11.6 Å². The van der Waals surface area contributed by atoms with Crippen molar-refractivity contribution in [2.24, 2.45) is 0 Å². The summed E-state index contributed by atoms with van der Waals surface area (Å²) in [4.78, 5) is 15.4. The van der Waals surface area contributed by atoms with Crippen molar-refractivity contribution in [2.75, 3.05) is 5.32 Å². The summed E-state index contributed by atoms with van der Waals surface area (Å²) in [7, 11) is 0. The van der Waals surface area contributed by atoms with Crippen LogP contribution < -0.4 is 5.32 Å². The Kier molecular flexibility index (Phi) is 4.16. The van der Waals surface area contributed by atoms with Crippen LogP contribution in [0.4, 0.5) is 5.69 Å². The Morgan fingerprint density at radius 2 is 1.95 bits per heavy atom. The summed E-state index contributed by atoms with van der Waals surface area (Å²) in [6, 6.07) is 13.6. The number of carbonyl (C=O) groups is 1. The second-order valence-electron chi connectivity index (χ2n) is 5.28. The lowest BCUT2D eigenvalue weighted by Gasteiger charge is -2.06. The Bertz CT molecular complexity index is 806. The number of hydrogen-bond donors (Lipinski definition) is 2. The van der Waals surface area contributed by atoms with E-state index in [1.807, 2.05) is 48.7 Å². The molecule has 0 atom stereocenters. The van der Waals surface area contributed by atoms with Gasteiger partial charge in [0.05, 0.1) is 6.42 Å². The van der Waals surface area contributed by atoms with Gasteiger partial charge in [0.25, 0.3) is 0 Å². The van der Waals surface area contributed by atoms with Crippen LogP contribution in [0, 0.1) is 0 Å². The molecule has 0 saturated heterocycles. The fourth-order valence-corrected chi connectivity index (χ4v) is 2.67. The van der Waals surface area contributed by atoms with E-state index < -0.39 is 0 Å². The molecule has 4 heteroatoms. The predicted molar refractivity (Wildman–Crippen MR) is 91.5 cm³/mol. The summed E-state index contributed by atoms with van der Waals surface area (Å²) < 4.78 is 0. The Labute approximate surface area is 134 Å². The van der Waals surface area contributed by atoms with Gasteiger partial charge in [0.2, 0.25) is 5.91 Å². The topological polar surface area (TPSA) is 44.9 Å². The molecule has 22 heavy (non-hydrogen) atoms. The minimum Gasteiger partial charge on any atom is -0.361 e. The molecule has 3 rings (SSSR count). The first-order valence-corrected chi connectivity index (χ1v) is 7.68. The highest BCUT2D eigenvalue weighted by molar-refractivity contribution is 6.31. The third kappa shape index (κ3) is 3.15. The second kappa shape index (κ2) is 6.24. The van der Waals surface area contributed by atoms with E-state index in [-0.39, 0.29) is 5.91 Å². The van der Waals surface area contributed by atoms with Crippen molar-refractivity contribution in [3.05, 3.63) is 64.8 Å². The zero-order valence-corrected chi connectivity index (χ0v) is 13.1. The van der Waals surface area contributed by atoms with E-state index in [2.05, 4.69) is 17.2 Å². The van der Waals surface area contributed by atoms with Crippen molar-refractivity contribution in [2.45, 2.75) is 19.8 Å². The van der Waals surface area contributed by atoms with Crippen molar-refractivity contribution in [3.8, 4) is 0 Å². The first-order valence-electron chi connectivity index (χ1n) is 7.30. The molecule has 1 amide bonds. The molecule has 1 heterocycles. The molecule has 112 valence electrons. The molecule has 0 spiro atoms. The number of amides is 1. The van der Waals surface area contributed by atoms with Crippen molar-refractivity contribution >= 4 is 34.1 Å². The second-order valence-corrected chi connectivity index (χ2v) is 5.72. The number of rotatable bonds is 4. The average Bonchev–Trinajstić information content (AvgIpc) is 2.90. The lowest BCUT2D eigenvalue weighted by molar-refractivity contribution is -0.115. The number of halogens is 1. The van der Waals surface area contributed by atoms with Crippen LogP contribution in [-0.2, 0) is 17.6 Å². The van der Waals surface area contributed by atoms with Crippen LogP contribution in [-0.4, -0.2) is 10.9 Å². The number of hydrogen-bond acceptors (Lipinski definition) is 1. The molecule has 0 saturated carbocycles. The molecule has 0 fully saturated rings. The van der Waals surface area contributed by atoms with Gasteiger partial charge >= 0.3 is 0 Å². The summed E-state index contributed by atoms with van der Waals surface area (Å²) in [5, 5.41) is 4.59. The normalized spacial score (nSPS) is 10.8. The number of H-pyrrole nitrogens is 1. The van der Waals surface area contributed by atoms with Crippen LogP contribution in [0.3, 0.4) is 0 Å². The maximum atomic E-state index is 12.2. The summed E-state index contributed by atoms with van der Waals surface area (Å²) in [6.07, 6.45) is 3.17. The van der Waals surface area contributed by atoms with Crippen molar-refractivity contribution < 1.29 is 4.79 Å². The van der Waals surface area contributed by atoms with E-state index in [0.29, 0.717) is 11.4 Å². The Morgan fingerprint density at radius 1 is 1.18 bits per heavy atom. The van der Waals surface area contributed by atoms with Gasteiger partial charge in [-0.15, -0.1) is 0 Å². The molecular weight excluding hydrogens is 296 g/mol. The lowest BCUT2D eigenvalue weighted by Crippen LogP contribution is -2.14. The molecule has 0 radical (unpaired) electrons. The number of carbonyl (C=O) groups excluding carboxylic acids is 1. The number of nitrogens with one attached hydrogen (secondary N) is 2. The number of aryl methyl sites for hydroxylation is 1. The van der Waals surface area contributed by atoms with Crippen molar-refractivity contribution in [1.82, 2.24) is 4.98 Å². The highest BCUT2D eigenvalue weighted by Gasteiger charge is 2.09. The van der Waals surface area contributed by atoms with Gasteiger partial charge in [0, 0.05) is 27.8 Å². The first-order chi connectivity index (χ1) is 10.7. The fraction of sp³-hybridized carbons (Fsp3) is 0.167. The number of aromatic amines is 1. The third-order valence-electron chi connectivity index (χ3n) is 3.73. The van der Waals surface area contributed by atoms with Gasteiger partial charge in [-0.1, -0.05) is 30.7 Å². The van der Waals surface area contributed by atoms with Crippen LogP contribution in [0.15, 0.2) is 48.7 Å². The fourth-order valence-electron chi connectivity index (χ4n) is 2.50. The number of benzene rings is 2. The maximum Gasteiger partial charge on any atom is 0.228 e. The van der Waals surface area contributed by atoms with Gasteiger partial charge in [-0.3, -0.25) is 4.79 Å². The maximum absolute atomic E-state index is 12.2. The minimum absolute atomic E-state index is 0.0369. The summed E-state index contributed by atoms with van der Waals surface area (Å²) >= 11 is 6.03. The van der Waals surface area contributed by atoms with Crippen LogP contribution in [0.2, 0.25) is 5.02 Å². The molecule has 1 aromatic heterocycles. The molecule has 0 aliphatic heterocycles. The van der Waals surface area contributed by atoms with Crippen LogP contribution in [0.25, 0.3) is 10.9 Å². The summed E-state index contributed by atoms with van der Waals surface area (Å²) in [5.74, 6) is -0.0369. The first kappa shape index (κ1) is 14.7. The molecule has 3 nitrogen and oxygen atoms in total. The van der Waals surface area contributed by atoms with E-state index in [4.69, 9.17) is 11.6 Å². The number of aromatic nitrogens is 1. The largest absolute Gasteiger partial charge is 0.361 e. The molecule has 0 unspecified atom stereocenters. The van der Waals surface area contributed by atoms with E-state index in [1.165, 1.54) is 5.56 Å².